The molecule has 1 aromatic heterocycles. The summed E-state index contributed by atoms with van der Waals surface area (Å²) in [6, 6.07) is 5.79. The molecule has 1 unspecified atom stereocenters. The Balaban J connectivity index is 2.02. The number of hydrogen-bond acceptors (Lipinski definition) is 5. The van der Waals surface area contributed by atoms with Crippen LogP contribution in [0.15, 0.2) is 24.4 Å². The monoisotopic (exact) mass is 274 g/mol. The summed E-state index contributed by atoms with van der Waals surface area (Å²) in [6.45, 7) is 4.45. The van der Waals surface area contributed by atoms with Gasteiger partial charge in [0, 0.05) is 11.6 Å². The van der Waals surface area contributed by atoms with Gasteiger partial charge in [-0.15, -0.1) is 0 Å². The molecule has 0 bridgehead atoms. The SMILES string of the molecule is CC(C)C(CO)Nc1nccc2cc3c(cc12)OCO3. The van der Waals surface area contributed by atoms with Gasteiger partial charge < -0.3 is 19.9 Å². The molecule has 20 heavy (non-hydrogen) atoms. The molecule has 0 fully saturated rings. The molecule has 0 aliphatic carbocycles. The molecule has 1 aromatic carbocycles. The first-order chi connectivity index (χ1) is 9.69. The van der Waals surface area contributed by atoms with Crippen LogP contribution in [0.25, 0.3) is 10.8 Å². The van der Waals surface area contributed by atoms with Crippen LogP contribution in [0.2, 0.25) is 0 Å². The van der Waals surface area contributed by atoms with Crippen molar-refractivity contribution in [2.75, 3.05) is 18.7 Å². The van der Waals surface area contributed by atoms with Gasteiger partial charge in [0.15, 0.2) is 11.5 Å². The number of aliphatic hydroxyl groups is 1. The first-order valence-electron chi connectivity index (χ1n) is 6.75. The van der Waals surface area contributed by atoms with Gasteiger partial charge in [0.1, 0.15) is 5.82 Å². The maximum Gasteiger partial charge on any atom is 0.231 e. The lowest BCUT2D eigenvalue weighted by Crippen LogP contribution is -2.29. The van der Waals surface area contributed by atoms with E-state index in [4.69, 9.17) is 9.47 Å². The Morgan fingerprint density at radius 2 is 2.05 bits per heavy atom. The Labute approximate surface area is 117 Å². The Morgan fingerprint density at radius 3 is 2.75 bits per heavy atom. The number of aromatic nitrogens is 1. The molecule has 5 heteroatoms. The second-order valence-electron chi connectivity index (χ2n) is 5.26. The van der Waals surface area contributed by atoms with Gasteiger partial charge in [0.25, 0.3) is 0 Å². The Morgan fingerprint density at radius 1 is 1.30 bits per heavy atom. The molecule has 1 aliphatic heterocycles. The highest BCUT2D eigenvalue weighted by Crippen LogP contribution is 2.37. The summed E-state index contributed by atoms with van der Waals surface area (Å²) in [5, 5.41) is 14.8. The minimum atomic E-state index is -0.0291. The first kappa shape index (κ1) is 13.0. The van der Waals surface area contributed by atoms with Crippen LogP contribution in [0.1, 0.15) is 13.8 Å². The van der Waals surface area contributed by atoms with Crippen molar-refractivity contribution in [3.8, 4) is 11.5 Å². The van der Waals surface area contributed by atoms with Crippen LogP contribution < -0.4 is 14.8 Å². The van der Waals surface area contributed by atoms with Gasteiger partial charge in [0.05, 0.1) is 12.6 Å². The Hall–Kier alpha value is -2.01. The van der Waals surface area contributed by atoms with Gasteiger partial charge in [-0.25, -0.2) is 4.98 Å². The van der Waals surface area contributed by atoms with Gasteiger partial charge in [-0.05, 0) is 29.5 Å². The molecular formula is C15H18N2O3. The first-order valence-corrected chi connectivity index (χ1v) is 6.75. The molecule has 1 atom stereocenters. The third-order valence-electron chi connectivity index (χ3n) is 3.58. The third kappa shape index (κ3) is 2.25. The molecule has 106 valence electrons. The van der Waals surface area contributed by atoms with Crippen LogP contribution in [0.3, 0.4) is 0 Å². The summed E-state index contributed by atoms with van der Waals surface area (Å²) in [5.41, 5.74) is 0. The van der Waals surface area contributed by atoms with Crippen molar-refractivity contribution in [3.05, 3.63) is 24.4 Å². The number of nitrogens with one attached hydrogen (secondary N) is 1. The maximum atomic E-state index is 9.45. The van der Waals surface area contributed by atoms with Crippen LogP contribution in [-0.4, -0.2) is 29.5 Å². The molecule has 0 amide bonds. The van der Waals surface area contributed by atoms with E-state index < -0.39 is 0 Å². The summed E-state index contributed by atoms with van der Waals surface area (Å²) >= 11 is 0. The minimum absolute atomic E-state index is 0.0291. The lowest BCUT2D eigenvalue weighted by molar-refractivity contribution is 0.174. The lowest BCUT2D eigenvalue weighted by Gasteiger charge is -2.21. The van der Waals surface area contributed by atoms with Crippen molar-refractivity contribution < 1.29 is 14.6 Å². The predicted octanol–water partition coefficient (Wildman–Crippen LogP) is 2.39. The van der Waals surface area contributed by atoms with E-state index in [9.17, 15) is 5.11 Å². The van der Waals surface area contributed by atoms with E-state index >= 15 is 0 Å². The fraction of sp³-hybridized carbons (Fsp3) is 0.400. The second-order valence-corrected chi connectivity index (χ2v) is 5.26. The summed E-state index contributed by atoms with van der Waals surface area (Å²) in [6.07, 6.45) is 1.75. The number of pyridine rings is 1. The highest BCUT2D eigenvalue weighted by atomic mass is 16.7. The third-order valence-corrected chi connectivity index (χ3v) is 3.58. The summed E-state index contributed by atoms with van der Waals surface area (Å²) in [5.74, 6) is 2.57. The van der Waals surface area contributed by atoms with Crippen LogP contribution in [0.5, 0.6) is 11.5 Å². The zero-order valence-electron chi connectivity index (χ0n) is 11.6. The van der Waals surface area contributed by atoms with Gasteiger partial charge in [-0.3, -0.25) is 0 Å². The predicted molar refractivity (Wildman–Crippen MR) is 77.2 cm³/mol. The number of benzene rings is 1. The molecular weight excluding hydrogens is 256 g/mol. The topological polar surface area (TPSA) is 63.6 Å². The second kappa shape index (κ2) is 5.17. The quantitative estimate of drug-likeness (QED) is 0.896. The van der Waals surface area contributed by atoms with Gasteiger partial charge in [-0.2, -0.15) is 0 Å². The normalized spacial score (nSPS) is 14.8. The van der Waals surface area contributed by atoms with Crippen LogP contribution in [0, 0.1) is 5.92 Å². The Bertz CT molecular complexity index is 628. The number of aliphatic hydroxyl groups excluding tert-OH is 1. The van der Waals surface area contributed by atoms with Crippen LogP contribution in [0.4, 0.5) is 5.82 Å². The van der Waals surface area contributed by atoms with Crippen molar-refractivity contribution in [2.45, 2.75) is 19.9 Å². The molecule has 2 N–H and O–H groups in total. The fourth-order valence-corrected chi connectivity index (χ4v) is 2.28. The maximum absolute atomic E-state index is 9.45. The van der Waals surface area contributed by atoms with Crippen molar-refractivity contribution in [1.82, 2.24) is 4.98 Å². The van der Waals surface area contributed by atoms with E-state index in [1.54, 1.807) is 6.20 Å². The molecule has 0 radical (unpaired) electrons. The van der Waals surface area contributed by atoms with E-state index in [1.807, 2.05) is 18.2 Å². The van der Waals surface area contributed by atoms with E-state index in [1.165, 1.54) is 0 Å². The standard InChI is InChI=1S/C15H18N2O3/c1-9(2)12(7-18)17-15-11-6-14-13(19-8-20-14)5-10(11)3-4-16-15/h3-6,9,12,18H,7-8H2,1-2H3,(H,16,17). The number of rotatable bonds is 4. The number of ether oxygens (including phenoxy) is 2. The zero-order valence-corrected chi connectivity index (χ0v) is 11.6. The molecule has 5 nitrogen and oxygen atoms in total. The molecule has 3 rings (SSSR count). The van der Waals surface area contributed by atoms with Gasteiger partial charge in [-0.1, -0.05) is 13.8 Å². The average Bonchev–Trinajstić information content (AvgIpc) is 2.89. The van der Waals surface area contributed by atoms with Crippen molar-refractivity contribution in [3.63, 3.8) is 0 Å². The highest BCUT2D eigenvalue weighted by Gasteiger charge is 2.18. The van der Waals surface area contributed by atoms with E-state index in [-0.39, 0.29) is 19.4 Å². The number of nitrogens with zero attached hydrogens (tertiary/aromatic N) is 1. The number of hydrogen-bond donors (Lipinski definition) is 2. The molecule has 0 saturated heterocycles. The summed E-state index contributed by atoms with van der Waals surface area (Å²) in [4.78, 5) is 4.38. The van der Waals surface area contributed by atoms with Gasteiger partial charge >= 0.3 is 0 Å². The molecule has 1 aliphatic rings. The van der Waals surface area contributed by atoms with Crippen molar-refractivity contribution >= 4 is 16.6 Å². The van der Waals surface area contributed by atoms with Crippen LogP contribution in [-0.2, 0) is 0 Å². The van der Waals surface area contributed by atoms with Crippen molar-refractivity contribution in [1.29, 1.82) is 0 Å². The smallest absolute Gasteiger partial charge is 0.231 e. The van der Waals surface area contributed by atoms with Crippen LogP contribution >= 0.6 is 0 Å². The molecule has 2 heterocycles. The van der Waals surface area contributed by atoms with E-state index in [0.29, 0.717) is 5.92 Å². The average molecular weight is 274 g/mol. The molecule has 2 aromatic rings. The zero-order chi connectivity index (χ0) is 14.1. The van der Waals surface area contributed by atoms with E-state index in [2.05, 4.69) is 24.1 Å². The fourth-order valence-electron chi connectivity index (χ4n) is 2.28. The number of fused-ring (bicyclic) bond motifs is 2. The summed E-state index contributed by atoms with van der Waals surface area (Å²) < 4.78 is 10.8. The number of anilines is 1. The van der Waals surface area contributed by atoms with Crippen molar-refractivity contribution in [2.24, 2.45) is 5.92 Å². The minimum Gasteiger partial charge on any atom is -0.454 e. The Kier molecular flexibility index (Phi) is 3.36. The van der Waals surface area contributed by atoms with E-state index in [0.717, 1.165) is 28.1 Å². The largest absolute Gasteiger partial charge is 0.454 e. The summed E-state index contributed by atoms with van der Waals surface area (Å²) in [7, 11) is 0. The molecule has 0 spiro atoms. The van der Waals surface area contributed by atoms with Gasteiger partial charge in [0.2, 0.25) is 6.79 Å². The molecule has 0 saturated carbocycles. The lowest BCUT2D eigenvalue weighted by atomic mass is 10.0. The highest BCUT2D eigenvalue weighted by molar-refractivity contribution is 5.94.